The fraction of sp³-hybridized carbons (Fsp3) is 0.941. The van der Waals surface area contributed by atoms with Crippen LogP contribution < -0.4 is 5.32 Å². The Labute approximate surface area is 125 Å². The lowest BCUT2D eigenvalue weighted by molar-refractivity contribution is -0.134. The van der Waals surface area contributed by atoms with Crippen molar-refractivity contribution in [1.29, 1.82) is 0 Å². The van der Waals surface area contributed by atoms with Crippen LogP contribution in [-0.2, 0) is 4.79 Å². The number of rotatable bonds is 8. The van der Waals surface area contributed by atoms with E-state index in [1.54, 1.807) is 0 Å². The summed E-state index contributed by atoms with van der Waals surface area (Å²) in [6.07, 6.45) is 14.2. The van der Waals surface area contributed by atoms with Gasteiger partial charge in [0.1, 0.15) is 0 Å². The van der Waals surface area contributed by atoms with Crippen molar-refractivity contribution in [3.05, 3.63) is 0 Å². The van der Waals surface area contributed by atoms with E-state index >= 15 is 0 Å². The quantitative estimate of drug-likeness (QED) is 0.640. The first-order valence-corrected chi connectivity index (χ1v) is 8.54. The van der Waals surface area contributed by atoms with Gasteiger partial charge in [0, 0.05) is 13.0 Å². The molecular formula is C17H35NO2. The highest BCUT2D eigenvalue weighted by Gasteiger charge is 2.21. The molecular weight excluding hydrogens is 250 g/mol. The molecule has 1 saturated heterocycles. The van der Waals surface area contributed by atoms with E-state index in [0.29, 0.717) is 0 Å². The summed E-state index contributed by atoms with van der Waals surface area (Å²) in [5.74, 6) is 0.127. The molecule has 0 bridgehead atoms. The highest BCUT2D eigenvalue weighted by atomic mass is 16.4. The van der Waals surface area contributed by atoms with Gasteiger partial charge in [-0.05, 0) is 38.1 Å². The lowest BCUT2D eigenvalue weighted by Crippen LogP contribution is -2.39. The van der Waals surface area contributed by atoms with Crippen molar-refractivity contribution in [3.8, 4) is 0 Å². The molecule has 1 rings (SSSR count). The van der Waals surface area contributed by atoms with Gasteiger partial charge in [0.15, 0.2) is 0 Å². The van der Waals surface area contributed by atoms with Gasteiger partial charge < -0.3 is 10.4 Å². The van der Waals surface area contributed by atoms with E-state index in [9.17, 15) is 0 Å². The van der Waals surface area contributed by atoms with Crippen LogP contribution in [-0.4, -0.2) is 23.7 Å². The minimum Gasteiger partial charge on any atom is -0.481 e. The fourth-order valence-electron chi connectivity index (χ4n) is 3.03. The summed E-state index contributed by atoms with van der Waals surface area (Å²) < 4.78 is 0. The Bertz CT molecular complexity index is 221. The van der Waals surface area contributed by atoms with Crippen molar-refractivity contribution in [2.75, 3.05) is 6.54 Å². The second-order valence-corrected chi connectivity index (χ2v) is 5.97. The number of hydrogen-bond acceptors (Lipinski definition) is 2. The molecule has 0 saturated carbocycles. The monoisotopic (exact) mass is 285 g/mol. The Kier molecular flexibility index (Phi) is 13.0. The van der Waals surface area contributed by atoms with Gasteiger partial charge in [-0.3, -0.25) is 4.79 Å². The van der Waals surface area contributed by atoms with Crippen LogP contribution >= 0.6 is 0 Å². The van der Waals surface area contributed by atoms with Gasteiger partial charge in [-0.15, -0.1) is 0 Å². The largest absolute Gasteiger partial charge is 0.481 e. The summed E-state index contributed by atoms with van der Waals surface area (Å²) in [7, 11) is 0. The topological polar surface area (TPSA) is 49.3 Å². The molecule has 2 N–H and O–H groups in total. The Morgan fingerprint density at radius 2 is 1.85 bits per heavy atom. The number of unbranched alkanes of at least 4 members (excludes halogenated alkanes) is 3. The zero-order valence-electron chi connectivity index (χ0n) is 13.8. The molecule has 0 radical (unpaired) electrons. The van der Waals surface area contributed by atoms with Crippen LogP contribution in [0.5, 0.6) is 0 Å². The zero-order valence-corrected chi connectivity index (χ0v) is 13.8. The van der Waals surface area contributed by atoms with Crippen molar-refractivity contribution >= 4 is 5.97 Å². The Morgan fingerprint density at radius 3 is 2.35 bits per heavy atom. The van der Waals surface area contributed by atoms with Crippen LogP contribution in [0.3, 0.4) is 0 Å². The maximum Gasteiger partial charge on any atom is 0.300 e. The lowest BCUT2D eigenvalue weighted by Gasteiger charge is -2.31. The summed E-state index contributed by atoms with van der Waals surface area (Å²) >= 11 is 0. The molecule has 0 amide bonds. The van der Waals surface area contributed by atoms with Gasteiger partial charge in [-0.25, -0.2) is 0 Å². The molecule has 1 heterocycles. The van der Waals surface area contributed by atoms with Crippen molar-refractivity contribution in [2.24, 2.45) is 5.92 Å². The van der Waals surface area contributed by atoms with E-state index in [1.807, 2.05) is 0 Å². The van der Waals surface area contributed by atoms with E-state index in [2.05, 4.69) is 19.2 Å². The Balaban J connectivity index is 0.000000796. The third-order valence-corrected chi connectivity index (χ3v) is 4.01. The smallest absolute Gasteiger partial charge is 0.300 e. The SMILES string of the molecule is CC(=O)O.CCCCCCC(CCC)C1CCCCN1. The molecule has 0 aliphatic carbocycles. The number of carbonyl (C=O) groups is 1. The minimum absolute atomic E-state index is 0.833. The van der Waals surface area contributed by atoms with E-state index in [-0.39, 0.29) is 0 Å². The average Bonchev–Trinajstić information content (AvgIpc) is 2.43. The lowest BCUT2D eigenvalue weighted by atomic mass is 9.85. The molecule has 1 aliphatic heterocycles. The first-order chi connectivity index (χ1) is 9.61. The number of hydrogen-bond donors (Lipinski definition) is 2. The molecule has 120 valence electrons. The van der Waals surface area contributed by atoms with Gasteiger partial charge in [-0.1, -0.05) is 52.4 Å². The molecule has 0 aromatic heterocycles. The maximum absolute atomic E-state index is 9.00. The van der Waals surface area contributed by atoms with Gasteiger partial charge >= 0.3 is 0 Å². The summed E-state index contributed by atoms with van der Waals surface area (Å²) in [6.45, 7) is 6.98. The third-order valence-electron chi connectivity index (χ3n) is 4.01. The first-order valence-electron chi connectivity index (χ1n) is 8.54. The predicted octanol–water partition coefficient (Wildman–Crippen LogP) is 4.61. The maximum atomic E-state index is 9.00. The highest BCUT2D eigenvalue weighted by Crippen LogP contribution is 2.24. The van der Waals surface area contributed by atoms with Crippen LogP contribution in [0.4, 0.5) is 0 Å². The van der Waals surface area contributed by atoms with Gasteiger partial charge in [0.2, 0.25) is 0 Å². The zero-order chi connectivity index (χ0) is 15.2. The van der Waals surface area contributed by atoms with Gasteiger partial charge in [-0.2, -0.15) is 0 Å². The second-order valence-electron chi connectivity index (χ2n) is 5.97. The summed E-state index contributed by atoms with van der Waals surface area (Å²) in [6, 6.07) is 0.843. The normalized spacial score (nSPS) is 19.9. The Hall–Kier alpha value is -0.570. The number of carboxylic acid groups (broad SMARTS) is 1. The number of aliphatic carboxylic acids is 1. The molecule has 20 heavy (non-hydrogen) atoms. The van der Waals surface area contributed by atoms with Gasteiger partial charge in [0.25, 0.3) is 5.97 Å². The molecule has 2 unspecified atom stereocenters. The minimum atomic E-state index is -0.833. The molecule has 1 aliphatic rings. The predicted molar refractivity (Wildman–Crippen MR) is 86.1 cm³/mol. The molecule has 3 heteroatoms. The third kappa shape index (κ3) is 11.3. The number of nitrogens with one attached hydrogen (secondary N) is 1. The molecule has 1 fully saturated rings. The van der Waals surface area contributed by atoms with E-state index in [1.165, 1.54) is 70.8 Å². The number of piperidine rings is 1. The van der Waals surface area contributed by atoms with Crippen molar-refractivity contribution in [2.45, 2.75) is 91.0 Å². The van der Waals surface area contributed by atoms with E-state index < -0.39 is 5.97 Å². The van der Waals surface area contributed by atoms with Crippen LogP contribution in [0.15, 0.2) is 0 Å². The van der Waals surface area contributed by atoms with Crippen LogP contribution in [0.2, 0.25) is 0 Å². The Morgan fingerprint density at radius 1 is 1.15 bits per heavy atom. The molecule has 0 aromatic rings. The van der Waals surface area contributed by atoms with Gasteiger partial charge in [0.05, 0.1) is 0 Å². The molecule has 0 spiro atoms. The first kappa shape index (κ1) is 19.4. The van der Waals surface area contributed by atoms with Crippen molar-refractivity contribution < 1.29 is 9.90 Å². The molecule has 0 aromatic carbocycles. The van der Waals surface area contributed by atoms with Crippen molar-refractivity contribution in [1.82, 2.24) is 5.32 Å². The van der Waals surface area contributed by atoms with E-state index in [4.69, 9.17) is 9.90 Å². The van der Waals surface area contributed by atoms with Crippen molar-refractivity contribution in [3.63, 3.8) is 0 Å². The second kappa shape index (κ2) is 13.4. The van der Waals surface area contributed by atoms with Crippen LogP contribution in [0.1, 0.15) is 85.0 Å². The number of carboxylic acids is 1. The molecule has 2 atom stereocenters. The fourth-order valence-corrected chi connectivity index (χ4v) is 3.03. The summed E-state index contributed by atoms with van der Waals surface area (Å²) in [5, 5.41) is 11.2. The van der Waals surface area contributed by atoms with E-state index in [0.717, 1.165) is 18.9 Å². The average molecular weight is 285 g/mol. The molecule has 3 nitrogen and oxygen atoms in total. The summed E-state index contributed by atoms with van der Waals surface area (Å²) in [5.41, 5.74) is 0. The highest BCUT2D eigenvalue weighted by molar-refractivity contribution is 5.62. The summed E-state index contributed by atoms with van der Waals surface area (Å²) in [4.78, 5) is 9.00. The standard InChI is InChI=1S/C15H31N.C2H4O2/c1-3-5-6-7-11-14(10-4-2)15-12-8-9-13-16-15;1-2(3)4/h14-16H,3-13H2,1-2H3;1H3,(H,3,4). The van der Waals surface area contributed by atoms with Crippen LogP contribution in [0.25, 0.3) is 0 Å². The van der Waals surface area contributed by atoms with Crippen LogP contribution in [0, 0.1) is 5.92 Å².